The quantitative estimate of drug-likeness (QED) is 0.155. The molecule has 0 unspecified atom stereocenters. The first-order valence-corrected chi connectivity index (χ1v) is 13.5. The minimum Gasteiger partial charge on any atom is -0.505 e. The fraction of sp³-hybridized carbons (Fsp3) is 0.0606. The largest absolute Gasteiger partial charge is 0.505 e. The van der Waals surface area contributed by atoms with Gasteiger partial charge in [0.05, 0.1) is 0 Å². The van der Waals surface area contributed by atoms with Crippen LogP contribution in [0.5, 0.6) is 11.8 Å². The number of phenols is 1. The highest BCUT2D eigenvalue weighted by Gasteiger charge is 2.23. The van der Waals surface area contributed by atoms with E-state index in [1.807, 2.05) is 24.3 Å². The third-order valence-electron chi connectivity index (χ3n) is 7.05. The Morgan fingerprint density at radius 2 is 1.76 bits per heavy atom. The molecule has 1 aromatic heterocycles. The van der Waals surface area contributed by atoms with E-state index in [0.717, 1.165) is 35.4 Å². The molecule has 0 saturated carbocycles. The summed E-state index contributed by atoms with van der Waals surface area (Å²) in [5.74, 6) is -2.95. The monoisotopic (exact) mass is 608 g/mol. The number of phenolic OH excluding ortho intramolecular Hbond substituents is 1. The van der Waals surface area contributed by atoms with Crippen LogP contribution >= 0.6 is 0 Å². The first-order chi connectivity index (χ1) is 21.7. The summed E-state index contributed by atoms with van der Waals surface area (Å²) in [7, 11) is 0. The molecule has 224 valence electrons. The number of amides is 1. The third kappa shape index (κ3) is 5.89. The van der Waals surface area contributed by atoms with Crippen LogP contribution in [-0.4, -0.2) is 27.3 Å². The number of benzene rings is 4. The lowest BCUT2D eigenvalue weighted by Gasteiger charge is -2.17. The van der Waals surface area contributed by atoms with Gasteiger partial charge in [-0.25, -0.2) is 13.8 Å². The number of anilines is 1. The number of hydrogen-bond donors (Lipinski definition) is 3. The van der Waals surface area contributed by atoms with Crippen LogP contribution < -0.4 is 21.2 Å². The molecule has 0 fully saturated rings. The van der Waals surface area contributed by atoms with Gasteiger partial charge in [-0.1, -0.05) is 30.3 Å². The van der Waals surface area contributed by atoms with Crippen LogP contribution in [0.15, 0.2) is 88.2 Å². The van der Waals surface area contributed by atoms with Gasteiger partial charge in [0.15, 0.2) is 23.7 Å². The Hall–Kier alpha value is -6.17. The molecule has 4 N–H and O–H groups in total. The number of nitrogens with zero attached hydrogens (tertiary/aromatic N) is 2. The first kappa shape index (κ1) is 28.9. The summed E-state index contributed by atoms with van der Waals surface area (Å²) in [4.78, 5) is 45.2. The Balaban J connectivity index is 1.24. The maximum atomic E-state index is 14.5. The molecule has 3 aromatic carbocycles. The van der Waals surface area contributed by atoms with Crippen molar-refractivity contribution in [1.82, 2.24) is 15.3 Å². The number of fused-ring (bicyclic) bond motifs is 2. The van der Waals surface area contributed by atoms with Crippen molar-refractivity contribution in [3.63, 3.8) is 0 Å². The molecule has 2 heterocycles. The summed E-state index contributed by atoms with van der Waals surface area (Å²) in [6.45, 7) is 0.404. The van der Waals surface area contributed by atoms with E-state index >= 15 is 0 Å². The van der Waals surface area contributed by atoms with Gasteiger partial charge < -0.3 is 25.3 Å². The number of nitrogen functional groups attached to an aromatic ring is 1. The molecular weight excluding hydrogens is 586 g/mol. The van der Waals surface area contributed by atoms with Gasteiger partial charge in [0.2, 0.25) is 5.43 Å². The normalized spacial score (nSPS) is 11.1. The van der Waals surface area contributed by atoms with Gasteiger partial charge in [0.25, 0.3) is 5.91 Å². The number of carbonyl (C=O) groups is 2. The molecule has 0 bridgehead atoms. The zero-order chi connectivity index (χ0) is 31.7. The summed E-state index contributed by atoms with van der Waals surface area (Å²) < 4.78 is 40.1. The number of halogens is 2. The molecule has 0 saturated heterocycles. The van der Waals surface area contributed by atoms with Crippen LogP contribution in [0.4, 0.5) is 14.6 Å². The number of hydrogen-bond acceptors (Lipinski definition) is 9. The number of aromatic nitrogens is 2. The Morgan fingerprint density at radius 3 is 2.51 bits per heavy atom. The number of aldehydes is 1. The Bertz CT molecular complexity index is 2130. The van der Waals surface area contributed by atoms with Crippen molar-refractivity contribution in [2.24, 2.45) is 0 Å². The van der Waals surface area contributed by atoms with Crippen molar-refractivity contribution in [2.45, 2.75) is 13.2 Å². The lowest BCUT2D eigenvalue weighted by atomic mass is 9.90. The molecule has 1 aliphatic carbocycles. The lowest BCUT2D eigenvalue weighted by Crippen LogP contribution is -2.23. The van der Waals surface area contributed by atoms with Gasteiger partial charge in [-0.05, 0) is 47.0 Å². The predicted molar refractivity (Wildman–Crippen MR) is 160 cm³/mol. The minimum atomic E-state index is -1.07. The molecule has 0 radical (unpaired) electrons. The maximum absolute atomic E-state index is 14.5. The zero-order valence-corrected chi connectivity index (χ0v) is 23.2. The standard InChI is InChI=1S/C33H22F2N4O6/c34-24-10-22-28(12-26(24)41)45-29-13-27(42)25(35)11-23(29)31(22)21-6-5-19(9-20(21)15-40)32(43)38-14-17-1-3-18(4-2-17)16-44-33-37-8-7-30(36)39-33/h1-13,15,41H,14,16H2,(H,38,43)(H2,36,37,39). The molecule has 0 spiro atoms. The molecule has 12 heteroatoms. The molecular formula is C33H22F2N4O6. The Kier molecular flexibility index (Phi) is 7.61. The van der Waals surface area contributed by atoms with Crippen molar-refractivity contribution >= 4 is 29.0 Å². The van der Waals surface area contributed by atoms with Gasteiger partial charge in [-0.2, -0.15) is 4.98 Å². The SMILES string of the molecule is Nc1ccnc(OCc2ccc(CNC(=O)c3ccc(-c4c5cc(F)c(=O)cc-5oc5cc(O)c(F)cc45)c(C=O)c3)cc2)n1. The molecule has 10 nitrogen and oxygen atoms in total. The number of carbonyl (C=O) groups excluding carboxylic acids is 2. The smallest absolute Gasteiger partial charge is 0.318 e. The fourth-order valence-electron chi connectivity index (χ4n) is 4.83. The van der Waals surface area contributed by atoms with Gasteiger partial charge in [0.1, 0.15) is 23.8 Å². The number of rotatable bonds is 8. The second-order valence-electron chi connectivity index (χ2n) is 10.0. The van der Waals surface area contributed by atoms with E-state index in [-0.39, 0.29) is 63.7 Å². The minimum absolute atomic E-state index is 0.00301. The van der Waals surface area contributed by atoms with E-state index in [4.69, 9.17) is 14.9 Å². The second-order valence-corrected chi connectivity index (χ2v) is 10.0. The molecule has 1 aliphatic heterocycles. The molecule has 1 amide bonds. The van der Waals surface area contributed by atoms with Crippen LogP contribution in [0.25, 0.3) is 33.4 Å². The van der Waals surface area contributed by atoms with Crippen molar-refractivity contribution in [3.8, 4) is 34.2 Å². The average molecular weight is 609 g/mol. The molecule has 6 rings (SSSR count). The summed E-state index contributed by atoms with van der Waals surface area (Å²) >= 11 is 0. The zero-order valence-electron chi connectivity index (χ0n) is 23.2. The van der Waals surface area contributed by atoms with Crippen LogP contribution in [0.3, 0.4) is 0 Å². The molecule has 2 aliphatic rings. The van der Waals surface area contributed by atoms with Gasteiger partial charge in [0, 0.05) is 52.5 Å². The van der Waals surface area contributed by atoms with Gasteiger partial charge in [-0.3, -0.25) is 14.4 Å². The first-order valence-electron chi connectivity index (χ1n) is 13.5. The van der Waals surface area contributed by atoms with Gasteiger partial charge >= 0.3 is 6.01 Å². The highest BCUT2D eigenvalue weighted by molar-refractivity contribution is 6.07. The van der Waals surface area contributed by atoms with E-state index in [9.17, 15) is 28.3 Å². The summed E-state index contributed by atoms with van der Waals surface area (Å²) in [6.07, 6.45) is 2.01. The summed E-state index contributed by atoms with van der Waals surface area (Å²) in [6, 6.07) is 17.2. The van der Waals surface area contributed by atoms with Crippen molar-refractivity contribution in [3.05, 3.63) is 123 Å². The van der Waals surface area contributed by atoms with E-state index in [0.29, 0.717) is 12.1 Å². The van der Waals surface area contributed by atoms with E-state index in [1.165, 1.54) is 24.4 Å². The summed E-state index contributed by atoms with van der Waals surface area (Å²) in [5.41, 5.74) is 7.07. The summed E-state index contributed by atoms with van der Waals surface area (Å²) in [5, 5.41) is 12.8. The van der Waals surface area contributed by atoms with Crippen molar-refractivity contribution in [2.75, 3.05) is 5.73 Å². The van der Waals surface area contributed by atoms with Gasteiger partial charge in [-0.15, -0.1) is 0 Å². The molecule has 0 atom stereocenters. The van der Waals surface area contributed by atoms with Crippen LogP contribution in [0.1, 0.15) is 31.8 Å². The van der Waals surface area contributed by atoms with Crippen LogP contribution in [0.2, 0.25) is 0 Å². The lowest BCUT2D eigenvalue weighted by molar-refractivity contribution is 0.0951. The van der Waals surface area contributed by atoms with E-state index < -0.39 is 28.7 Å². The second kappa shape index (κ2) is 11.8. The maximum Gasteiger partial charge on any atom is 0.318 e. The molecule has 4 aromatic rings. The third-order valence-corrected chi connectivity index (χ3v) is 7.05. The highest BCUT2D eigenvalue weighted by atomic mass is 19.1. The van der Waals surface area contributed by atoms with Crippen molar-refractivity contribution in [1.29, 1.82) is 0 Å². The van der Waals surface area contributed by atoms with Crippen LogP contribution in [0, 0.1) is 11.6 Å². The Morgan fingerprint density at radius 1 is 0.978 bits per heavy atom. The number of aromatic hydroxyl groups is 1. The van der Waals surface area contributed by atoms with Crippen LogP contribution in [-0.2, 0) is 13.2 Å². The fourth-order valence-corrected chi connectivity index (χ4v) is 4.83. The highest BCUT2D eigenvalue weighted by Crippen LogP contribution is 2.42. The molecule has 45 heavy (non-hydrogen) atoms. The average Bonchev–Trinajstić information content (AvgIpc) is 3.03. The van der Waals surface area contributed by atoms with E-state index in [2.05, 4.69) is 15.3 Å². The number of ether oxygens (including phenoxy) is 1. The predicted octanol–water partition coefficient (Wildman–Crippen LogP) is 5.24. The number of nitrogens with one attached hydrogen (secondary N) is 1. The Labute approximate surface area is 253 Å². The van der Waals surface area contributed by atoms with Crippen molar-refractivity contribution < 1.29 is 32.6 Å². The number of nitrogens with two attached hydrogens (primary N) is 1. The topological polar surface area (TPSA) is 158 Å². The van der Waals surface area contributed by atoms with E-state index in [1.54, 1.807) is 6.07 Å².